The summed E-state index contributed by atoms with van der Waals surface area (Å²) >= 11 is 0. The molecule has 0 fully saturated rings. The molecule has 0 amide bonds. The summed E-state index contributed by atoms with van der Waals surface area (Å²) in [5.74, 6) is -2.48. The zero-order valence-electron chi connectivity index (χ0n) is 18.0. The number of para-hydroxylation sites is 1. The van der Waals surface area contributed by atoms with Crippen molar-refractivity contribution in [2.75, 3.05) is 0 Å². The molecule has 0 unspecified atom stereocenters. The number of aromatic carboxylic acids is 1. The predicted molar refractivity (Wildman–Crippen MR) is 127 cm³/mol. The highest BCUT2D eigenvalue weighted by Crippen LogP contribution is 2.34. The minimum Gasteiger partial charge on any atom is -0.478 e. The van der Waals surface area contributed by atoms with E-state index in [1.807, 2.05) is 0 Å². The molecule has 6 nitrogen and oxygen atoms in total. The maximum atomic E-state index is 13.9. The number of hydrogen-bond acceptors (Lipinski definition) is 4. The van der Waals surface area contributed by atoms with E-state index in [-0.39, 0.29) is 28.6 Å². The Kier molecular flexibility index (Phi) is 6.64. The van der Waals surface area contributed by atoms with Gasteiger partial charge >= 0.3 is 11.7 Å². The van der Waals surface area contributed by atoms with Crippen LogP contribution in [0.3, 0.4) is 0 Å². The summed E-state index contributed by atoms with van der Waals surface area (Å²) in [6.07, 6.45) is 3.04. The van der Waals surface area contributed by atoms with Crippen LogP contribution in [0.4, 0.5) is 14.5 Å². The van der Waals surface area contributed by atoms with E-state index in [9.17, 15) is 28.8 Å². The van der Waals surface area contributed by atoms with Crippen molar-refractivity contribution in [1.29, 1.82) is 0 Å². The Labute approximate surface area is 198 Å². The fourth-order valence-electron chi connectivity index (χ4n) is 3.42. The first-order valence-corrected chi connectivity index (χ1v) is 10.3. The third-order valence-corrected chi connectivity index (χ3v) is 5.15. The van der Waals surface area contributed by atoms with Crippen molar-refractivity contribution < 1.29 is 28.3 Å². The molecule has 4 rings (SSSR count). The normalized spacial score (nSPS) is 10.9. The Balaban J connectivity index is 1.68. The molecule has 0 bridgehead atoms. The summed E-state index contributed by atoms with van der Waals surface area (Å²) < 4.78 is 32.6. The molecular formula is C27H17F2NO5. The summed E-state index contributed by atoms with van der Waals surface area (Å²) in [7, 11) is 0. The zero-order chi connectivity index (χ0) is 24.9. The molecule has 8 heteroatoms. The summed E-state index contributed by atoms with van der Waals surface area (Å²) in [6.45, 7) is 0. The van der Waals surface area contributed by atoms with Gasteiger partial charge in [0.1, 0.15) is 5.82 Å². The third kappa shape index (κ3) is 5.39. The topological polar surface area (TPSA) is 89.7 Å². The number of rotatable bonds is 7. The van der Waals surface area contributed by atoms with E-state index in [0.717, 1.165) is 0 Å². The zero-order valence-corrected chi connectivity index (χ0v) is 18.0. The van der Waals surface area contributed by atoms with Crippen LogP contribution in [0.25, 0.3) is 23.3 Å². The molecule has 0 aliphatic carbocycles. The van der Waals surface area contributed by atoms with Crippen molar-refractivity contribution in [2.45, 2.75) is 0 Å². The first-order chi connectivity index (χ1) is 16.8. The second-order valence-electron chi connectivity index (χ2n) is 7.46. The minimum absolute atomic E-state index is 0.0288. The van der Waals surface area contributed by atoms with Crippen LogP contribution in [-0.4, -0.2) is 16.0 Å². The fourth-order valence-corrected chi connectivity index (χ4v) is 3.42. The van der Waals surface area contributed by atoms with Crippen molar-refractivity contribution in [2.24, 2.45) is 0 Å². The Morgan fingerprint density at radius 3 is 2.26 bits per heavy atom. The van der Waals surface area contributed by atoms with E-state index < -0.39 is 16.7 Å². The van der Waals surface area contributed by atoms with Crippen molar-refractivity contribution in [3.8, 4) is 22.6 Å². The maximum absolute atomic E-state index is 13.9. The van der Waals surface area contributed by atoms with Crippen LogP contribution in [0, 0.1) is 21.7 Å². The monoisotopic (exact) mass is 473 g/mol. The SMILES string of the molecule is O=C(O)c1ccc(-c2ccc(F)cc2)cc1/C=C/c1ccc(Oc2ccccc2F)c([N+](=O)[O-])c1. The number of nitro groups is 1. The Morgan fingerprint density at radius 2 is 1.57 bits per heavy atom. The first kappa shape index (κ1) is 23.3. The van der Waals surface area contributed by atoms with Gasteiger partial charge < -0.3 is 9.84 Å². The van der Waals surface area contributed by atoms with Crippen molar-refractivity contribution in [3.05, 3.63) is 123 Å². The van der Waals surface area contributed by atoms with Crippen molar-refractivity contribution >= 4 is 23.8 Å². The molecule has 0 saturated carbocycles. The number of carboxylic acid groups (broad SMARTS) is 1. The van der Waals surface area contributed by atoms with Gasteiger partial charge in [0.05, 0.1) is 10.5 Å². The molecular weight excluding hydrogens is 456 g/mol. The molecule has 4 aromatic carbocycles. The van der Waals surface area contributed by atoms with Crippen molar-refractivity contribution in [3.63, 3.8) is 0 Å². The van der Waals surface area contributed by atoms with Crippen LogP contribution in [0.2, 0.25) is 0 Å². The molecule has 0 radical (unpaired) electrons. The lowest BCUT2D eigenvalue weighted by Gasteiger charge is -2.08. The lowest BCUT2D eigenvalue weighted by molar-refractivity contribution is -0.385. The number of halogens is 2. The van der Waals surface area contributed by atoms with Crippen molar-refractivity contribution in [1.82, 2.24) is 0 Å². The third-order valence-electron chi connectivity index (χ3n) is 5.15. The van der Waals surface area contributed by atoms with Gasteiger partial charge in [0.25, 0.3) is 0 Å². The van der Waals surface area contributed by atoms with E-state index in [1.54, 1.807) is 30.3 Å². The molecule has 0 aromatic heterocycles. The van der Waals surface area contributed by atoms with Gasteiger partial charge in [-0.3, -0.25) is 10.1 Å². The van der Waals surface area contributed by atoms with Gasteiger partial charge in [-0.25, -0.2) is 13.6 Å². The molecule has 0 atom stereocenters. The van der Waals surface area contributed by atoms with E-state index in [1.165, 1.54) is 66.7 Å². The Morgan fingerprint density at radius 1 is 0.857 bits per heavy atom. The van der Waals surface area contributed by atoms with Gasteiger partial charge in [-0.15, -0.1) is 0 Å². The number of nitrogens with zero attached hydrogens (tertiary/aromatic N) is 1. The molecule has 174 valence electrons. The summed E-state index contributed by atoms with van der Waals surface area (Å²) in [6, 6.07) is 20.1. The second kappa shape index (κ2) is 9.96. The molecule has 0 aliphatic heterocycles. The number of carboxylic acids is 1. The standard InChI is InChI=1S/C27H17F2NO5/c28-21-11-8-18(9-12-21)19-10-13-22(27(31)32)20(16-19)7-5-17-6-14-26(24(15-17)30(33)34)35-25-4-2-1-3-23(25)29/h1-16H,(H,31,32)/b7-5+. The highest BCUT2D eigenvalue weighted by molar-refractivity contribution is 5.94. The number of carbonyl (C=O) groups is 1. The average Bonchev–Trinajstić information content (AvgIpc) is 2.84. The van der Waals surface area contributed by atoms with Gasteiger partial charge in [-0.2, -0.15) is 0 Å². The van der Waals surface area contributed by atoms with Crippen LogP contribution >= 0.6 is 0 Å². The number of benzene rings is 4. The maximum Gasteiger partial charge on any atom is 0.336 e. The average molecular weight is 473 g/mol. The van der Waals surface area contributed by atoms with Gasteiger partial charge in [0.15, 0.2) is 11.6 Å². The van der Waals surface area contributed by atoms with Crippen LogP contribution < -0.4 is 4.74 Å². The number of ether oxygens (including phenoxy) is 1. The van der Waals surface area contributed by atoms with Gasteiger partial charge in [-0.05, 0) is 64.7 Å². The van der Waals surface area contributed by atoms with Crippen LogP contribution in [0.5, 0.6) is 11.5 Å². The van der Waals surface area contributed by atoms with E-state index >= 15 is 0 Å². The van der Waals surface area contributed by atoms with Gasteiger partial charge in [0, 0.05) is 6.07 Å². The van der Waals surface area contributed by atoms with Crippen LogP contribution in [-0.2, 0) is 0 Å². The van der Waals surface area contributed by atoms with Crippen LogP contribution in [0.1, 0.15) is 21.5 Å². The lowest BCUT2D eigenvalue weighted by Crippen LogP contribution is -1.99. The minimum atomic E-state index is -1.14. The lowest BCUT2D eigenvalue weighted by atomic mass is 9.98. The Bertz CT molecular complexity index is 1450. The van der Waals surface area contributed by atoms with E-state index in [4.69, 9.17) is 4.74 Å². The van der Waals surface area contributed by atoms with Crippen LogP contribution in [0.15, 0.2) is 84.9 Å². The summed E-state index contributed by atoms with van der Waals surface area (Å²) in [5.41, 5.74) is 1.78. The van der Waals surface area contributed by atoms with E-state index in [0.29, 0.717) is 22.3 Å². The summed E-state index contributed by atoms with van der Waals surface area (Å²) in [4.78, 5) is 22.6. The molecule has 4 aromatic rings. The highest BCUT2D eigenvalue weighted by atomic mass is 19.1. The van der Waals surface area contributed by atoms with Gasteiger partial charge in [-0.1, -0.05) is 48.6 Å². The first-order valence-electron chi connectivity index (χ1n) is 10.3. The molecule has 0 aliphatic rings. The smallest absolute Gasteiger partial charge is 0.336 e. The fraction of sp³-hybridized carbons (Fsp3) is 0. The van der Waals surface area contributed by atoms with Gasteiger partial charge in [0.2, 0.25) is 5.75 Å². The molecule has 0 saturated heterocycles. The largest absolute Gasteiger partial charge is 0.478 e. The quantitative estimate of drug-likeness (QED) is 0.174. The summed E-state index contributed by atoms with van der Waals surface area (Å²) in [5, 5.41) is 21.2. The highest BCUT2D eigenvalue weighted by Gasteiger charge is 2.18. The second-order valence-corrected chi connectivity index (χ2v) is 7.46. The molecule has 0 spiro atoms. The molecule has 0 heterocycles. The number of nitro benzene ring substituents is 1. The number of hydrogen-bond donors (Lipinski definition) is 1. The predicted octanol–water partition coefficient (Wildman–Crippen LogP) is 7.20. The Hall–Kier alpha value is -4.85. The molecule has 35 heavy (non-hydrogen) atoms. The van der Waals surface area contributed by atoms with E-state index in [2.05, 4.69) is 0 Å². The molecule has 1 N–H and O–H groups in total.